The second kappa shape index (κ2) is 7.99. The number of anilines is 1. The van der Waals surface area contributed by atoms with Gasteiger partial charge in [0.15, 0.2) is 0 Å². The van der Waals surface area contributed by atoms with Crippen molar-refractivity contribution >= 4 is 29.4 Å². The number of carbonyl (C=O) groups excluding carboxylic acids is 2. The highest BCUT2D eigenvalue weighted by atomic mass is 32.2. The number of nitrogens with zero attached hydrogens (tertiary/aromatic N) is 2. The Hall–Kier alpha value is -1.89. The smallest absolute Gasteiger partial charge is 0.407 e. The molecule has 1 heterocycles. The summed E-state index contributed by atoms with van der Waals surface area (Å²) < 4.78 is 5.21. The second-order valence-electron chi connectivity index (χ2n) is 7.17. The number of thioether (sulfide) groups is 1. The zero-order valence-corrected chi connectivity index (χ0v) is 16.4. The molecule has 0 bridgehead atoms. The van der Waals surface area contributed by atoms with E-state index in [1.807, 2.05) is 44.7 Å². The van der Waals surface area contributed by atoms with Gasteiger partial charge >= 0.3 is 6.09 Å². The maximum absolute atomic E-state index is 12.2. The summed E-state index contributed by atoms with van der Waals surface area (Å²) in [6.07, 6.45) is -0.460. The molecule has 25 heavy (non-hydrogen) atoms. The van der Waals surface area contributed by atoms with Crippen molar-refractivity contribution in [3.8, 4) is 0 Å². The van der Waals surface area contributed by atoms with Crippen LogP contribution in [0.15, 0.2) is 24.3 Å². The summed E-state index contributed by atoms with van der Waals surface area (Å²) in [6, 6.07) is 8.21. The highest BCUT2D eigenvalue weighted by Gasteiger charge is 2.32. The number of ether oxygens (including phenoxy) is 1. The van der Waals surface area contributed by atoms with Crippen molar-refractivity contribution in [2.45, 2.75) is 31.7 Å². The number of hydrogen-bond donors (Lipinski definition) is 1. The first-order valence-electron chi connectivity index (χ1n) is 8.32. The fourth-order valence-electron chi connectivity index (χ4n) is 2.50. The summed E-state index contributed by atoms with van der Waals surface area (Å²) in [5, 5.41) is 2.70. The van der Waals surface area contributed by atoms with E-state index in [0.717, 1.165) is 11.3 Å². The molecule has 2 amide bonds. The third kappa shape index (κ3) is 5.56. The van der Waals surface area contributed by atoms with Crippen LogP contribution in [0.3, 0.4) is 0 Å². The minimum Gasteiger partial charge on any atom is -0.444 e. The van der Waals surface area contributed by atoms with Gasteiger partial charge in [-0.3, -0.25) is 4.79 Å². The third-order valence-corrected chi connectivity index (χ3v) is 4.94. The zero-order chi connectivity index (χ0) is 18.6. The monoisotopic (exact) mass is 365 g/mol. The summed E-state index contributed by atoms with van der Waals surface area (Å²) >= 11 is 1.61. The predicted octanol–water partition coefficient (Wildman–Crippen LogP) is 2.85. The highest BCUT2D eigenvalue weighted by Crippen LogP contribution is 2.38. The summed E-state index contributed by atoms with van der Waals surface area (Å²) in [7, 11) is 4.00. The van der Waals surface area contributed by atoms with E-state index in [-0.39, 0.29) is 11.3 Å². The van der Waals surface area contributed by atoms with Crippen molar-refractivity contribution in [3.05, 3.63) is 29.8 Å². The van der Waals surface area contributed by atoms with E-state index < -0.39 is 11.7 Å². The Bertz CT molecular complexity index is 611. The van der Waals surface area contributed by atoms with E-state index >= 15 is 0 Å². The molecule has 7 heteroatoms. The van der Waals surface area contributed by atoms with Crippen LogP contribution in [-0.2, 0) is 9.53 Å². The van der Waals surface area contributed by atoms with Gasteiger partial charge in [-0.1, -0.05) is 12.1 Å². The molecule has 0 spiro atoms. The lowest BCUT2D eigenvalue weighted by molar-refractivity contribution is -0.128. The molecule has 1 aromatic rings. The first-order valence-corrected chi connectivity index (χ1v) is 9.37. The Morgan fingerprint density at radius 1 is 1.32 bits per heavy atom. The molecule has 1 aliphatic rings. The topological polar surface area (TPSA) is 61.9 Å². The molecule has 1 unspecified atom stereocenters. The molecular formula is C18H27N3O3S. The Morgan fingerprint density at radius 3 is 2.52 bits per heavy atom. The third-order valence-electron chi connectivity index (χ3n) is 3.68. The lowest BCUT2D eigenvalue weighted by Crippen LogP contribution is -2.39. The number of carbonyl (C=O) groups is 2. The van der Waals surface area contributed by atoms with Crippen molar-refractivity contribution in [3.63, 3.8) is 0 Å². The van der Waals surface area contributed by atoms with E-state index in [0.29, 0.717) is 18.8 Å². The van der Waals surface area contributed by atoms with Crippen LogP contribution in [0.4, 0.5) is 10.5 Å². The van der Waals surface area contributed by atoms with Gasteiger partial charge in [0, 0.05) is 32.9 Å². The lowest BCUT2D eigenvalue weighted by Gasteiger charge is -2.25. The van der Waals surface area contributed by atoms with Gasteiger partial charge in [-0.15, -0.1) is 11.8 Å². The van der Waals surface area contributed by atoms with Gasteiger partial charge in [-0.25, -0.2) is 4.79 Å². The van der Waals surface area contributed by atoms with Crippen LogP contribution < -0.4 is 10.2 Å². The van der Waals surface area contributed by atoms with Crippen molar-refractivity contribution in [2.75, 3.05) is 37.8 Å². The van der Waals surface area contributed by atoms with Gasteiger partial charge in [0.25, 0.3) is 0 Å². The van der Waals surface area contributed by atoms with Gasteiger partial charge in [-0.05, 0) is 38.5 Å². The molecule has 1 N–H and O–H groups in total. The molecule has 1 atom stereocenters. The van der Waals surface area contributed by atoms with Gasteiger partial charge in [-0.2, -0.15) is 0 Å². The summed E-state index contributed by atoms with van der Waals surface area (Å²) in [6.45, 7) is 6.29. The van der Waals surface area contributed by atoms with E-state index in [9.17, 15) is 9.59 Å². The fraction of sp³-hybridized carbons (Fsp3) is 0.556. The van der Waals surface area contributed by atoms with Crippen LogP contribution in [0, 0.1) is 0 Å². The van der Waals surface area contributed by atoms with E-state index in [1.54, 1.807) is 11.8 Å². The van der Waals surface area contributed by atoms with Crippen molar-refractivity contribution in [1.29, 1.82) is 0 Å². The van der Waals surface area contributed by atoms with Gasteiger partial charge in [0.05, 0.1) is 5.75 Å². The standard InChI is InChI=1S/C18H27N3O3S/c1-18(2,3)24-17(23)19-10-11-21-15(22)12-25-16(21)13-6-8-14(9-7-13)20(4)5/h6-9,16H,10-12H2,1-5H3,(H,19,23). The number of nitrogens with one attached hydrogen (secondary N) is 1. The molecule has 0 saturated carbocycles. The van der Waals surface area contributed by atoms with E-state index in [2.05, 4.69) is 29.6 Å². The fourth-order valence-corrected chi connectivity index (χ4v) is 3.72. The van der Waals surface area contributed by atoms with E-state index in [1.165, 1.54) is 0 Å². The van der Waals surface area contributed by atoms with Gasteiger partial charge in [0.1, 0.15) is 11.0 Å². The molecule has 1 aliphatic heterocycles. The molecule has 0 radical (unpaired) electrons. The van der Waals surface area contributed by atoms with Gasteiger partial charge < -0.3 is 19.9 Å². The summed E-state index contributed by atoms with van der Waals surface area (Å²) in [4.78, 5) is 27.8. The number of amides is 2. The molecule has 1 fully saturated rings. The number of hydrogen-bond acceptors (Lipinski definition) is 5. The van der Waals surface area contributed by atoms with Crippen molar-refractivity contribution < 1.29 is 14.3 Å². The Labute approximate surface area is 153 Å². The normalized spacial score (nSPS) is 17.6. The number of alkyl carbamates (subject to hydrolysis) is 1. The Kier molecular flexibility index (Phi) is 6.21. The Balaban J connectivity index is 1.94. The predicted molar refractivity (Wildman–Crippen MR) is 102 cm³/mol. The quantitative estimate of drug-likeness (QED) is 0.869. The van der Waals surface area contributed by atoms with Crippen LogP contribution >= 0.6 is 11.8 Å². The largest absolute Gasteiger partial charge is 0.444 e. The minimum absolute atomic E-state index is 0.0100. The molecule has 2 rings (SSSR count). The summed E-state index contributed by atoms with van der Waals surface area (Å²) in [5.41, 5.74) is 1.69. The molecule has 0 aliphatic carbocycles. The van der Waals surface area contributed by atoms with Crippen LogP contribution in [0.25, 0.3) is 0 Å². The average Bonchev–Trinajstić information content (AvgIpc) is 2.87. The van der Waals surface area contributed by atoms with Crippen molar-refractivity contribution in [1.82, 2.24) is 10.2 Å². The summed E-state index contributed by atoms with van der Waals surface area (Å²) in [5.74, 6) is 0.560. The maximum atomic E-state index is 12.2. The number of benzene rings is 1. The molecule has 6 nitrogen and oxygen atoms in total. The highest BCUT2D eigenvalue weighted by molar-refractivity contribution is 8.00. The zero-order valence-electron chi connectivity index (χ0n) is 15.5. The van der Waals surface area contributed by atoms with Gasteiger partial charge in [0.2, 0.25) is 5.91 Å². The van der Waals surface area contributed by atoms with Crippen molar-refractivity contribution in [2.24, 2.45) is 0 Å². The first kappa shape index (κ1) is 19.4. The van der Waals surface area contributed by atoms with Crippen LogP contribution in [0.2, 0.25) is 0 Å². The number of rotatable bonds is 5. The maximum Gasteiger partial charge on any atom is 0.407 e. The first-order chi connectivity index (χ1) is 11.7. The molecule has 1 saturated heterocycles. The molecule has 1 aromatic carbocycles. The minimum atomic E-state index is -0.528. The lowest BCUT2D eigenvalue weighted by atomic mass is 10.2. The molecule has 138 valence electrons. The Morgan fingerprint density at radius 2 is 1.96 bits per heavy atom. The molecule has 0 aromatic heterocycles. The van der Waals surface area contributed by atoms with Crippen LogP contribution in [-0.4, -0.2) is 55.4 Å². The SMILES string of the molecule is CN(C)c1ccc(C2SCC(=O)N2CCNC(=O)OC(C)(C)C)cc1. The van der Waals surface area contributed by atoms with E-state index in [4.69, 9.17) is 4.74 Å². The second-order valence-corrected chi connectivity index (χ2v) is 8.23. The van der Waals surface area contributed by atoms with Crippen LogP contribution in [0.5, 0.6) is 0 Å². The molecular weight excluding hydrogens is 338 g/mol. The average molecular weight is 365 g/mol. The van der Waals surface area contributed by atoms with Crippen LogP contribution in [0.1, 0.15) is 31.7 Å².